The molecule has 3 unspecified atom stereocenters. The van der Waals surface area contributed by atoms with E-state index in [1.807, 2.05) is 12.1 Å². The zero-order valence-electron chi connectivity index (χ0n) is 10.8. The van der Waals surface area contributed by atoms with Crippen LogP contribution in [0.4, 0.5) is 5.69 Å². The van der Waals surface area contributed by atoms with E-state index in [1.165, 1.54) is 18.5 Å². The van der Waals surface area contributed by atoms with Gasteiger partial charge in [0.1, 0.15) is 0 Å². The third-order valence-electron chi connectivity index (χ3n) is 4.59. The van der Waals surface area contributed by atoms with Crippen molar-refractivity contribution in [2.24, 2.45) is 11.8 Å². The number of nitrogens with zero attached hydrogens (tertiary/aromatic N) is 1. The van der Waals surface area contributed by atoms with Gasteiger partial charge in [0.25, 0.3) is 0 Å². The van der Waals surface area contributed by atoms with Crippen molar-refractivity contribution in [2.45, 2.75) is 25.4 Å². The first-order chi connectivity index (χ1) is 8.72. The molecule has 0 radical (unpaired) electrons. The van der Waals surface area contributed by atoms with Gasteiger partial charge in [0.05, 0.1) is 6.10 Å². The number of benzene rings is 1. The molecule has 3 heteroatoms. The zero-order chi connectivity index (χ0) is 12.5. The SMILES string of the molecule is Nc1ccc(CCN2CC3CCC(O)C3C2)cc1. The minimum Gasteiger partial charge on any atom is -0.399 e. The third kappa shape index (κ3) is 2.38. The van der Waals surface area contributed by atoms with Gasteiger partial charge in [-0.2, -0.15) is 0 Å². The summed E-state index contributed by atoms with van der Waals surface area (Å²) in [4.78, 5) is 2.51. The summed E-state index contributed by atoms with van der Waals surface area (Å²) in [6.45, 7) is 3.36. The molecule has 1 saturated carbocycles. The van der Waals surface area contributed by atoms with Crippen LogP contribution in [0.15, 0.2) is 24.3 Å². The fourth-order valence-electron chi connectivity index (χ4n) is 3.48. The monoisotopic (exact) mass is 246 g/mol. The molecule has 0 bridgehead atoms. The number of rotatable bonds is 3. The van der Waals surface area contributed by atoms with E-state index in [0.717, 1.165) is 37.5 Å². The quantitative estimate of drug-likeness (QED) is 0.795. The van der Waals surface area contributed by atoms with E-state index in [1.54, 1.807) is 0 Å². The molecule has 1 saturated heterocycles. The fourth-order valence-corrected chi connectivity index (χ4v) is 3.48. The summed E-state index contributed by atoms with van der Waals surface area (Å²) in [5.41, 5.74) is 7.86. The number of nitrogens with two attached hydrogens (primary N) is 1. The van der Waals surface area contributed by atoms with Crippen LogP contribution in [0.1, 0.15) is 18.4 Å². The number of aliphatic hydroxyl groups excluding tert-OH is 1. The molecule has 3 atom stereocenters. The second-order valence-corrected chi connectivity index (χ2v) is 5.82. The maximum Gasteiger partial charge on any atom is 0.0583 e. The van der Waals surface area contributed by atoms with Crippen molar-refractivity contribution in [1.82, 2.24) is 4.90 Å². The molecule has 0 aromatic heterocycles. The first-order valence-corrected chi connectivity index (χ1v) is 6.97. The summed E-state index contributed by atoms with van der Waals surface area (Å²) in [6.07, 6.45) is 3.26. The zero-order valence-corrected chi connectivity index (χ0v) is 10.8. The van der Waals surface area contributed by atoms with Crippen LogP contribution in [0, 0.1) is 11.8 Å². The number of nitrogen functional groups attached to an aromatic ring is 1. The second-order valence-electron chi connectivity index (χ2n) is 5.82. The first-order valence-electron chi connectivity index (χ1n) is 6.97. The molecule has 18 heavy (non-hydrogen) atoms. The van der Waals surface area contributed by atoms with Crippen molar-refractivity contribution < 1.29 is 5.11 Å². The average Bonchev–Trinajstić information content (AvgIpc) is 2.91. The van der Waals surface area contributed by atoms with Gasteiger partial charge in [-0.05, 0) is 42.9 Å². The van der Waals surface area contributed by atoms with E-state index < -0.39 is 0 Å². The second kappa shape index (κ2) is 4.90. The summed E-state index contributed by atoms with van der Waals surface area (Å²) < 4.78 is 0. The van der Waals surface area contributed by atoms with E-state index in [-0.39, 0.29) is 6.10 Å². The predicted octanol–water partition coefficient (Wildman–Crippen LogP) is 1.51. The molecule has 3 nitrogen and oxygen atoms in total. The molecule has 0 spiro atoms. The molecule has 1 aromatic rings. The summed E-state index contributed by atoms with van der Waals surface area (Å²) in [5.74, 6) is 1.28. The molecule has 98 valence electrons. The van der Waals surface area contributed by atoms with Gasteiger partial charge in [-0.1, -0.05) is 12.1 Å². The topological polar surface area (TPSA) is 49.5 Å². The van der Waals surface area contributed by atoms with Gasteiger partial charge in [0.15, 0.2) is 0 Å². The minimum absolute atomic E-state index is 0.0449. The van der Waals surface area contributed by atoms with Crippen LogP contribution >= 0.6 is 0 Å². The molecular formula is C15H22N2O. The van der Waals surface area contributed by atoms with Gasteiger partial charge in [0, 0.05) is 31.2 Å². The smallest absolute Gasteiger partial charge is 0.0583 e. The number of likely N-dealkylation sites (tertiary alicyclic amines) is 1. The molecule has 1 heterocycles. The Morgan fingerprint density at radius 1 is 1.17 bits per heavy atom. The highest BCUT2D eigenvalue weighted by Crippen LogP contribution is 2.37. The third-order valence-corrected chi connectivity index (χ3v) is 4.59. The normalized spacial score (nSPS) is 31.7. The molecule has 0 amide bonds. The number of hydrogen-bond donors (Lipinski definition) is 2. The Kier molecular flexibility index (Phi) is 3.27. The molecule has 3 rings (SSSR count). The fraction of sp³-hybridized carbons (Fsp3) is 0.600. The van der Waals surface area contributed by atoms with Crippen molar-refractivity contribution in [1.29, 1.82) is 0 Å². The van der Waals surface area contributed by atoms with Crippen LogP contribution in [0.2, 0.25) is 0 Å². The number of hydrogen-bond acceptors (Lipinski definition) is 3. The first kappa shape index (κ1) is 12.0. The van der Waals surface area contributed by atoms with Crippen LogP contribution in [-0.2, 0) is 6.42 Å². The Balaban J connectivity index is 1.51. The number of fused-ring (bicyclic) bond motifs is 1. The Morgan fingerprint density at radius 3 is 2.67 bits per heavy atom. The summed E-state index contributed by atoms with van der Waals surface area (Å²) >= 11 is 0. The van der Waals surface area contributed by atoms with Gasteiger partial charge in [-0.15, -0.1) is 0 Å². The van der Waals surface area contributed by atoms with E-state index in [2.05, 4.69) is 17.0 Å². The number of aliphatic hydroxyl groups is 1. The van der Waals surface area contributed by atoms with Crippen molar-refractivity contribution in [3.8, 4) is 0 Å². The predicted molar refractivity (Wildman–Crippen MR) is 73.2 cm³/mol. The highest BCUT2D eigenvalue weighted by atomic mass is 16.3. The maximum atomic E-state index is 9.89. The molecule has 3 N–H and O–H groups in total. The standard InChI is InChI=1S/C15H22N2O/c16-13-4-1-11(2-5-13)7-8-17-9-12-3-6-15(18)14(12)10-17/h1-2,4-5,12,14-15,18H,3,6-10,16H2. The van der Waals surface area contributed by atoms with Crippen molar-refractivity contribution in [2.75, 3.05) is 25.4 Å². The van der Waals surface area contributed by atoms with Crippen molar-refractivity contribution >= 4 is 5.69 Å². The van der Waals surface area contributed by atoms with Gasteiger partial charge in [0.2, 0.25) is 0 Å². The van der Waals surface area contributed by atoms with Gasteiger partial charge < -0.3 is 15.7 Å². The maximum absolute atomic E-state index is 9.89. The van der Waals surface area contributed by atoms with Crippen LogP contribution in [-0.4, -0.2) is 35.7 Å². The molecule has 1 aliphatic heterocycles. The van der Waals surface area contributed by atoms with Gasteiger partial charge >= 0.3 is 0 Å². The van der Waals surface area contributed by atoms with Crippen LogP contribution in [0.25, 0.3) is 0 Å². The average molecular weight is 246 g/mol. The highest BCUT2D eigenvalue weighted by Gasteiger charge is 2.41. The molecule has 1 aromatic carbocycles. The van der Waals surface area contributed by atoms with E-state index >= 15 is 0 Å². The lowest BCUT2D eigenvalue weighted by atomic mass is 10.00. The summed E-state index contributed by atoms with van der Waals surface area (Å²) in [5, 5.41) is 9.89. The van der Waals surface area contributed by atoms with Crippen molar-refractivity contribution in [3.63, 3.8) is 0 Å². The van der Waals surface area contributed by atoms with Gasteiger partial charge in [-0.3, -0.25) is 0 Å². The Bertz CT molecular complexity index is 403. The van der Waals surface area contributed by atoms with E-state index in [0.29, 0.717) is 5.92 Å². The molecule has 1 aliphatic carbocycles. The molecule has 2 aliphatic rings. The number of anilines is 1. The lowest BCUT2D eigenvalue weighted by Crippen LogP contribution is -2.26. The molecule has 2 fully saturated rings. The lowest BCUT2D eigenvalue weighted by Gasteiger charge is -2.17. The Hall–Kier alpha value is -1.06. The largest absolute Gasteiger partial charge is 0.399 e. The van der Waals surface area contributed by atoms with Crippen LogP contribution < -0.4 is 5.73 Å². The highest BCUT2D eigenvalue weighted by molar-refractivity contribution is 5.39. The van der Waals surface area contributed by atoms with Crippen molar-refractivity contribution in [3.05, 3.63) is 29.8 Å². The Morgan fingerprint density at radius 2 is 1.94 bits per heavy atom. The van der Waals surface area contributed by atoms with E-state index in [9.17, 15) is 5.11 Å². The minimum atomic E-state index is -0.0449. The van der Waals surface area contributed by atoms with Crippen LogP contribution in [0.5, 0.6) is 0 Å². The summed E-state index contributed by atoms with van der Waals surface area (Å²) in [6, 6.07) is 8.16. The van der Waals surface area contributed by atoms with E-state index in [4.69, 9.17) is 5.73 Å². The molecular weight excluding hydrogens is 224 g/mol. The Labute approximate surface area is 109 Å². The summed E-state index contributed by atoms with van der Waals surface area (Å²) in [7, 11) is 0. The van der Waals surface area contributed by atoms with Crippen LogP contribution in [0.3, 0.4) is 0 Å². The lowest BCUT2D eigenvalue weighted by molar-refractivity contribution is 0.124. The van der Waals surface area contributed by atoms with Gasteiger partial charge in [-0.25, -0.2) is 0 Å².